The van der Waals surface area contributed by atoms with Gasteiger partial charge >= 0.3 is 0 Å². The van der Waals surface area contributed by atoms with Gasteiger partial charge in [-0.2, -0.15) is 0 Å². The Morgan fingerprint density at radius 2 is 2.00 bits per heavy atom. The quantitative estimate of drug-likeness (QED) is 0.799. The van der Waals surface area contributed by atoms with Crippen molar-refractivity contribution in [3.8, 4) is 0 Å². The van der Waals surface area contributed by atoms with Crippen molar-refractivity contribution in [1.29, 1.82) is 0 Å². The lowest BCUT2D eigenvalue weighted by Gasteiger charge is -2.28. The van der Waals surface area contributed by atoms with E-state index in [2.05, 4.69) is 6.92 Å². The summed E-state index contributed by atoms with van der Waals surface area (Å²) in [5.74, 6) is 0.575. The van der Waals surface area contributed by atoms with Crippen molar-refractivity contribution in [2.24, 2.45) is 11.7 Å². The van der Waals surface area contributed by atoms with Gasteiger partial charge in [0.25, 0.3) is 0 Å². The minimum absolute atomic E-state index is 0.0938. The average Bonchev–Trinajstić information content (AvgIpc) is 2.26. The largest absolute Gasteiger partial charge is 0.328 e. The van der Waals surface area contributed by atoms with E-state index in [1.54, 1.807) is 0 Å². The molecule has 0 aromatic rings. The Balaban J connectivity index is 2.35. The lowest BCUT2D eigenvalue weighted by atomic mass is 9.84. The summed E-state index contributed by atoms with van der Waals surface area (Å²) in [6.45, 7) is 2.15. The molecule has 0 aromatic carbocycles. The Morgan fingerprint density at radius 1 is 1.29 bits per heavy atom. The predicted octanol–water partition coefficient (Wildman–Crippen LogP) is 2.50. The topological polar surface area (TPSA) is 60.2 Å². The molecule has 0 spiro atoms. The molecule has 3 nitrogen and oxygen atoms in total. The van der Waals surface area contributed by atoms with Crippen LogP contribution >= 0.6 is 0 Å². The van der Waals surface area contributed by atoms with Crippen LogP contribution in [0, 0.1) is 5.92 Å². The Bertz CT molecular complexity index is 313. The minimum atomic E-state index is -2.84. The van der Waals surface area contributed by atoms with Gasteiger partial charge in [0.15, 0.2) is 0 Å². The van der Waals surface area contributed by atoms with Crippen LogP contribution in [-0.4, -0.2) is 26.0 Å². The number of sulfone groups is 1. The smallest absolute Gasteiger partial charge is 0.150 e. The van der Waals surface area contributed by atoms with Gasteiger partial charge in [-0.15, -0.1) is 0 Å². The summed E-state index contributed by atoms with van der Waals surface area (Å²) in [5.41, 5.74) is 6.00. The van der Waals surface area contributed by atoms with E-state index in [0.29, 0.717) is 12.0 Å². The molecule has 1 rings (SSSR count). The lowest BCUT2D eigenvalue weighted by Crippen LogP contribution is -2.28. The lowest BCUT2D eigenvalue weighted by molar-refractivity contribution is 0.321. The molecule has 0 saturated heterocycles. The molecule has 1 aliphatic rings. The molecule has 17 heavy (non-hydrogen) atoms. The molecule has 0 aromatic heterocycles. The maximum atomic E-state index is 11.5. The van der Waals surface area contributed by atoms with E-state index in [4.69, 9.17) is 5.73 Å². The first kappa shape index (κ1) is 15.0. The molecule has 1 aliphatic carbocycles. The zero-order valence-corrected chi connectivity index (χ0v) is 12.0. The van der Waals surface area contributed by atoms with Gasteiger partial charge in [0.05, 0.1) is 5.25 Å². The van der Waals surface area contributed by atoms with Crippen LogP contribution in [-0.2, 0) is 9.84 Å². The van der Waals surface area contributed by atoms with Crippen molar-refractivity contribution in [3.05, 3.63) is 0 Å². The van der Waals surface area contributed by atoms with E-state index in [-0.39, 0.29) is 5.25 Å². The Kier molecular flexibility index (Phi) is 5.93. The first-order chi connectivity index (χ1) is 7.93. The maximum Gasteiger partial charge on any atom is 0.150 e. The average molecular weight is 261 g/mol. The van der Waals surface area contributed by atoms with Gasteiger partial charge in [-0.1, -0.05) is 26.2 Å². The van der Waals surface area contributed by atoms with Crippen LogP contribution in [0.25, 0.3) is 0 Å². The third kappa shape index (κ3) is 5.38. The fourth-order valence-electron chi connectivity index (χ4n) is 2.86. The zero-order valence-electron chi connectivity index (χ0n) is 11.2. The van der Waals surface area contributed by atoms with Crippen molar-refractivity contribution >= 4 is 9.84 Å². The zero-order chi connectivity index (χ0) is 12.9. The van der Waals surface area contributed by atoms with Gasteiger partial charge in [-0.3, -0.25) is 0 Å². The van der Waals surface area contributed by atoms with Gasteiger partial charge in [0, 0.05) is 12.3 Å². The first-order valence-corrected chi connectivity index (χ1v) is 8.83. The minimum Gasteiger partial charge on any atom is -0.328 e. The van der Waals surface area contributed by atoms with E-state index >= 15 is 0 Å². The third-order valence-electron chi connectivity index (χ3n) is 3.95. The summed E-state index contributed by atoms with van der Waals surface area (Å²) in [7, 11) is -2.84. The summed E-state index contributed by atoms with van der Waals surface area (Å²) in [5, 5.41) is -0.0938. The van der Waals surface area contributed by atoms with Gasteiger partial charge < -0.3 is 5.73 Å². The summed E-state index contributed by atoms with van der Waals surface area (Å²) in [4.78, 5) is 0. The molecule has 0 bridgehead atoms. The molecule has 3 atom stereocenters. The van der Waals surface area contributed by atoms with Crippen molar-refractivity contribution in [2.45, 2.75) is 69.6 Å². The highest BCUT2D eigenvalue weighted by atomic mass is 32.2. The Morgan fingerprint density at radius 3 is 2.59 bits per heavy atom. The molecule has 2 N–H and O–H groups in total. The number of hydrogen-bond acceptors (Lipinski definition) is 3. The van der Waals surface area contributed by atoms with Gasteiger partial charge in [0.1, 0.15) is 9.84 Å². The molecule has 102 valence electrons. The Labute approximate surface area is 106 Å². The van der Waals surface area contributed by atoms with Crippen molar-refractivity contribution in [1.82, 2.24) is 0 Å². The van der Waals surface area contributed by atoms with E-state index in [9.17, 15) is 8.42 Å². The number of rotatable bonds is 6. The molecule has 1 saturated carbocycles. The van der Waals surface area contributed by atoms with Gasteiger partial charge in [0.2, 0.25) is 0 Å². The van der Waals surface area contributed by atoms with Crippen LogP contribution in [0.2, 0.25) is 0 Å². The monoisotopic (exact) mass is 261 g/mol. The predicted molar refractivity (Wildman–Crippen MR) is 72.7 cm³/mol. The number of nitrogens with two attached hydrogens (primary N) is 1. The molecule has 4 heteroatoms. The summed E-state index contributed by atoms with van der Waals surface area (Å²) in [6, 6.07) is 0.304. The van der Waals surface area contributed by atoms with Crippen molar-refractivity contribution in [2.75, 3.05) is 6.26 Å². The van der Waals surface area contributed by atoms with E-state index in [0.717, 1.165) is 44.9 Å². The van der Waals surface area contributed by atoms with E-state index in [1.165, 1.54) is 12.7 Å². The highest BCUT2D eigenvalue weighted by Crippen LogP contribution is 2.31. The van der Waals surface area contributed by atoms with E-state index < -0.39 is 9.84 Å². The first-order valence-electron chi connectivity index (χ1n) is 6.88. The van der Waals surface area contributed by atoms with Gasteiger partial charge in [-0.25, -0.2) is 8.42 Å². The molecule has 0 amide bonds. The second-order valence-electron chi connectivity index (χ2n) is 5.61. The van der Waals surface area contributed by atoms with Crippen LogP contribution in [0.4, 0.5) is 0 Å². The second-order valence-corrected chi connectivity index (χ2v) is 7.94. The van der Waals surface area contributed by atoms with E-state index in [1.807, 2.05) is 0 Å². The van der Waals surface area contributed by atoms with Crippen LogP contribution in [0.1, 0.15) is 58.3 Å². The van der Waals surface area contributed by atoms with Crippen LogP contribution < -0.4 is 5.73 Å². The fourth-order valence-corrected chi connectivity index (χ4v) is 4.07. The second kappa shape index (κ2) is 6.74. The van der Waals surface area contributed by atoms with Crippen LogP contribution in [0.3, 0.4) is 0 Å². The SMILES string of the molecule is CCCC(N)CCC1CCCC(S(C)(=O)=O)C1. The maximum absolute atomic E-state index is 11.5. The fraction of sp³-hybridized carbons (Fsp3) is 1.00. The standard InChI is InChI=1S/C13H27NO2S/c1-3-5-12(14)9-8-11-6-4-7-13(10-11)17(2,15)16/h11-13H,3-10,14H2,1-2H3. The third-order valence-corrected chi connectivity index (χ3v) is 5.58. The molecule has 0 aliphatic heterocycles. The number of hydrogen-bond donors (Lipinski definition) is 1. The molecular weight excluding hydrogens is 234 g/mol. The van der Waals surface area contributed by atoms with Crippen molar-refractivity contribution < 1.29 is 8.42 Å². The molecule has 0 heterocycles. The van der Waals surface area contributed by atoms with Crippen LogP contribution in [0.5, 0.6) is 0 Å². The summed E-state index contributed by atoms with van der Waals surface area (Å²) < 4.78 is 23.1. The van der Waals surface area contributed by atoms with Gasteiger partial charge in [-0.05, 0) is 38.0 Å². The molecule has 3 unspecified atom stereocenters. The summed E-state index contributed by atoms with van der Waals surface area (Å²) in [6.07, 6.45) is 9.72. The molecular formula is C13H27NO2S. The highest BCUT2D eigenvalue weighted by molar-refractivity contribution is 7.91. The molecule has 0 radical (unpaired) electrons. The Hall–Kier alpha value is -0.0900. The van der Waals surface area contributed by atoms with Crippen molar-refractivity contribution in [3.63, 3.8) is 0 Å². The summed E-state index contributed by atoms with van der Waals surface area (Å²) >= 11 is 0. The molecule has 1 fully saturated rings. The highest BCUT2D eigenvalue weighted by Gasteiger charge is 2.28. The van der Waals surface area contributed by atoms with Crippen LogP contribution in [0.15, 0.2) is 0 Å². The normalized spacial score (nSPS) is 27.9.